The van der Waals surface area contributed by atoms with Crippen LogP contribution in [0.5, 0.6) is 0 Å². The summed E-state index contributed by atoms with van der Waals surface area (Å²) in [6, 6.07) is 9.44. The molecule has 0 spiro atoms. The highest BCUT2D eigenvalue weighted by atomic mass is 32.1. The van der Waals surface area contributed by atoms with Crippen molar-refractivity contribution in [1.82, 2.24) is 15.3 Å². The fourth-order valence-electron chi connectivity index (χ4n) is 1.94. The number of hydrogen-bond acceptors (Lipinski definition) is 4. The molecule has 0 atom stereocenters. The SMILES string of the molecule is O=c1[nH]c(CNCc2ccsc2)nc2ccccc12. The van der Waals surface area contributed by atoms with Crippen molar-refractivity contribution in [1.29, 1.82) is 0 Å². The Hall–Kier alpha value is -1.98. The van der Waals surface area contributed by atoms with Crippen molar-refractivity contribution >= 4 is 22.2 Å². The molecule has 0 saturated carbocycles. The summed E-state index contributed by atoms with van der Waals surface area (Å²) in [5, 5.41) is 8.05. The smallest absolute Gasteiger partial charge is 0.258 e. The number of aromatic nitrogens is 2. The van der Waals surface area contributed by atoms with E-state index >= 15 is 0 Å². The van der Waals surface area contributed by atoms with Crippen LogP contribution in [0.25, 0.3) is 10.9 Å². The molecule has 0 amide bonds. The maximum Gasteiger partial charge on any atom is 0.258 e. The Labute approximate surface area is 114 Å². The summed E-state index contributed by atoms with van der Waals surface area (Å²) in [6.07, 6.45) is 0. The number of fused-ring (bicyclic) bond motifs is 1. The van der Waals surface area contributed by atoms with E-state index in [-0.39, 0.29) is 5.56 Å². The quantitative estimate of drug-likeness (QED) is 0.765. The fraction of sp³-hybridized carbons (Fsp3) is 0.143. The van der Waals surface area contributed by atoms with Gasteiger partial charge in [0.05, 0.1) is 17.4 Å². The molecular formula is C14H13N3OS. The van der Waals surface area contributed by atoms with Crippen LogP contribution in [-0.2, 0) is 13.1 Å². The van der Waals surface area contributed by atoms with E-state index < -0.39 is 0 Å². The van der Waals surface area contributed by atoms with Crippen molar-refractivity contribution in [3.63, 3.8) is 0 Å². The monoisotopic (exact) mass is 271 g/mol. The minimum absolute atomic E-state index is 0.0852. The van der Waals surface area contributed by atoms with Gasteiger partial charge < -0.3 is 10.3 Å². The van der Waals surface area contributed by atoms with Crippen LogP contribution in [0.2, 0.25) is 0 Å². The van der Waals surface area contributed by atoms with Gasteiger partial charge >= 0.3 is 0 Å². The van der Waals surface area contributed by atoms with Crippen LogP contribution in [0.1, 0.15) is 11.4 Å². The molecule has 96 valence electrons. The third-order valence-corrected chi connectivity index (χ3v) is 3.60. The van der Waals surface area contributed by atoms with Crippen LogP contribution < -0.4 is 10.9 Å². The highest BCUT2D eigenvalue weighted by Crippen LogP contribution is 2.07. The van der Waals surface area contributed by atoms with Crippen molar-refractivity contribution < 1.29 is 0 Å². The summed E-state index contributed by atoms with van der Waals surface area (Å²) in [5.74, 6) is 0.666. The average Bonchev–Trinajstić information content (AvgIpc) is 2.92. The van der Waals surface area contributed by atoms with Crippen LogP contribution in [0.4, 0.5) is 0 Å². The van der Waals surface area contributed by atoms with Crippen LogP contribution in [0.15, 0.2) is 45.9 Å². The lowest BCUT2D eigenvalue weighted by atomic mass is 10.2. The van der Waals surface area contributed by atoms with Gasteiger partial charge in [-0.3, -0.25) is 4.79 Å². The second kappa shape index (κ2) is 5.34. The van der Waals surface area contributed by atoms with Crippen LogP contribution in [0.3, 0.4) is 0 Å². The first-order chi connectivity index (χ1) is 9.33. The first-order valence-electron chi connectivity index (χ1n) is 6.02. The molecule has 4 nitrogen and oxygen atoms in total. The zero-order valence-electron chi connectivity index (χ0n) is 10.2. The molecule has 3 rings (SSSR count). The number of H-pyrrole nitrogens is 1. The minimum atomic E-state index is -0.0852. The Morgan fingerprint density at radius 3 is 2.95 bits per heavy atom. The lowest BCUT2D eigenvalue weighted by molar-refractivity contribution is 0.664. The van der Waals surface area contributed by atoms with Crippen LogP contribution in [-0.4, -0.2) is 9.97 Å². The third kappa shape index (κ3) is 2.72. The molecule has 19 heavy (non-hydrogen) atoms. The average molecular weight is 271 g/mol. The van der Waals surface area contributed by atoms with Crippen molar-refractivity contribution in [2.75, 3.05) is 0 Å². The van der Waals surface area contributed by atoms with Gasteiger partial charge in [0.1, 0.15) is 5.82 Å². The molecule has 0 bridgehead atoms. The molecule has 0 aliphatic carbocycles. The minimum Gasteiger partial charge on any atom is -0.309 e. The number of hydrogen-bond donors (Lipinski definition) is 2. The molecule has 0 aliphatic heterocycles. The Bertz CT molecular complexity index is 734. The van der Waals surface area contributed by atoms with E-state index in [4.69, 9.17) is 0 Å². The standard InChI is InChI=1S/C14H13N3OS/c18-14-11-3-1-2-4-12(11)16-13(17-14)8-15-7-10-5-6-19-9-10/h1-6,9,15H,7-8H2,(H,16,17,18). The van der Waals surface area contributed by atoms with Crippen molar-refractivity contribution in [3.05, 3.63) is 62.8 Å². The van der Waals surface area contributed by atoms with Gasteiger partial charge in [-0.15, -0.1) is 0 Å². The van der Waals surface area contributed by atoms with Crippen LogP contribution in [0, 0.1) is 0 Å². The summed E-state index contributed by atoms with van der Waals surface area (Å²) >= 11 is 1.68. The van der Waals surface area contributed by atoms with E-state index in [1.54, 1.807) is 17.4 Å². The number of thiophene rings is 1. The Kier molecular flexibility index (Phi) is 3.39. The molecule has 2 heterocycles. The van der Waals surface area contributed by atoms with E-state index in [9.17, 15) is 4.79 Å². The van der Waals surface area contributed by atoms with Gasteiger partial charge in [0.2, 0.25) is 0 Å². The van der Waals surface area contributed by atoms with E-state index in [1.165, 1.54) is 5.56 Å². The van der Waals surface area contributed by atoms with Gasteiger partial charge in [-0.05, 0) is 34.5 Å². The van der Waals surface area contributed by atoms with Crippen LogP contribution >= 0.6 is 11.3 Å². The van der Waals surface area contributed by atoms with Gasteiger partial charge in [0.15, 0.2) is 0 Å². The molecule has 0 aliphatic rings. The van der Waals surface area contributed by atoms with Gasteiger partial charge in [-0.1, -0.05) is 12.1 Å². The lowest BCUT2D eigenvalue weighted by Gasteiger charge is -2.04. The summed E-state index contributed by atoms with van der Waals surface area (Å²) in [5.41, 5.74) is 1.89. The van der Waals surface area contributed by atoms with Gasteiger partial charge in [0, 0.05) is 6.54 Å². The molecular weight excluding hydrogens is 258 g/mol. The van der Waals surface area contributed by atoms with Gasteiger partial charge in [0.25, 0.3) is 5.56 Å². The second-order valence-corrected chi connectivity index (χ2v) is 5.04. The molecule has 0 unspecified atom stereocenters. The van der Waals surface area contributed by atoms with E-state index in [0.717, 1.165) is 12.1 Å². The number of nitrogens with zero attached hydrogens (tertiary/aromatic N) is 1. The number of para-hydroxylation sites is 1. The van der Waals surface area contributed by atoms with Crippen molar-refractivity contribution in [2.24, 2.45) is 0 Å². The van der Waals surface area contributed by atoms with E-state index in [1.807, 2.05) is 23.6 Å². The molecule has 5 heteroatoms. The second-order valence-electron chi connectivity index (χ2n) is 4.26. The van der Waals surface area contributed by atoms with Gasteiger partial charge in [-0.2, -0.15) is 11.3 Å². The summed E-state index contributed by atoms with van der Waals surface area (Å²) < 4.78 is 0. The van der Waals surface area contributed by atoms with Crippen molar-refractivity contribution in [3.8, 4) is 0 Å². The number of benzene rings is 1. The molecule has 0 radical (unpaired) electrons. The first kappa shape index (κ1) is 12.1. The summed E-state index contributed by atoms with van der Waals surface area (Å²) in [4.78, 5) is 19.1. The number of rotatable bonds is 4. The highest BCUT2D eigenvalue weighted by molar-refractivity contribution is 7.07. The topological polar surface area (TPSA) is 57.8 Å². The third-order valence-electron chi connectivity index (χ3n) is 2.86. The lowest BCUT2D eigenvalue weighted by Crippen LogP contribution is -2.19. The largest absolute Gasteiger partial charge is 0.309 e. The first-order valence-corrected chi connectivity index (χ1v) is 6.97. The Morgan fingerprint density at radius 1 is 1.21 bits per heavy atom. The molecule has 2 N–H and O–H groups in total. The summed E-state index contributed by atoms with van der Waals surface area (Å²) in [6.45, 7) is 1.33. The Morgan fingerprint density at radius 2 is 2.11 bits per heavy atom. The number of aromatic amines is 1. The predicted molar refractivity (Wildman–Crippen MR) is 77.2 cm³/mol. The van der Waals surface area contributed by atoms with Gasteiger partial charge in [-0.25, -0.2) is 4.98 Å². The Balaban J connectivity index is 1.76. The zero-order valence-corrected chi connectivity index (χ0v) is 11.0. The van der Waals surface area contributed by atoms with Crippen molar-refractivity contribution in [2.45, 2.75) is 13.1 Å². The molecule has 0 saturated heterocycles. The maximum atomic E-state index is 11.9. The normalized spacial score (nSPS) is 10.9. The molecule has 3 aromatic rings. The van der Waals surface area contributed by atoms with E-state index in [2.05, 4.69) is 26.7 Å². The zero-order chi connectivity index (χ0) is 13.1. The highest BCUT2D eigenvalue weighted by Gasteiger charge is 2.02. The predicted octanol–water partition coefficient (Wildman–Crippen LogP) is 2.27. The number of nitrogens with one attached hydrogen (secondary N) is 2. The fourth-order valence-corrected chi connectivity index (χ4v) is 2.61. The summed E-state index contributed by atoms with van der Waals surface area (Å²) in [7, 11) is 0. The maximum absolute atomic E-state index is 11.9. The van der Waals surface area contributed by atoms with E-state index in [0.29, 0.717) is 17.8 Å². The molecule has 1 aromatic carbocycles. The molecule has 0 fully saturated rings. The molecule has 2 aromatic heterocycles.